The van der Waals surface area contributed by atoms with E-state index in [4.69, 9.17) is 18.9 Å². The summed E-state index contributed by atoms with van der Waals surface area (Å²) in [6.07, 6.45) is 15.0. The van der Waals surface area contributed by atoms with Gasteiger partial charge in [-0.1, -0.05) is 121 Å². The van der Waals surface area contributed by atoms with Crippen LogP contribution in [0.15, 0.2) is 36.5 Å². The van der Waals surface area contributed by atoms with E-state index in [0.717, 1.165) is 44.9 Å². The van der Waals surface area contributed by atoms with Gasteiger partial charge in [-0.05, 0) is 44.9 Å². The maximum absolute atomic E-state index is 13.0. The lowest BCUT2D eigenvalue weighted by Gasteiger charge is -2.46. The van der Waals surface area contributed by atoms with Gasteiger partial charge in [-0.15, -0.1) is 0 Å². The summed E-state index contributed by atoms with van der Waals surface area (Å²) in [6, 6.07) is -0.930. The predicted molar refractivity (Wildman–Crippen MR) is 217 cm³/mol. The fourth-order valence-corrected chi connectivity index (χ4v) is 6.91. The Hall–Kier alpha value is -1.79. The van der Waals surface area contributed by atoms with Crippen LogP contribution in [-0.4, -0.2) is 140 Å². The number of hydrogen-bond donors (Lipinski definition) is 9. The Labute approximate surface area is 341 Å². The van der Waals surface area contributed by atoms with Crippen molar-refractivity contribution in [1.82, 2.24) is 5.32 Å². The van der Waals surface area contributed by atoms with Crippen LogP contribution in [0.4, 0.5) is 0 Å². The number of ether oxygens (including phenoxy) is 4. The molecule has 0 aromatic carbocycles. The average molecular weight is 816 g/mol. The van der Waals surface area contributed by atoms with Gasteiger partial charge in [0.25, 0.3) is 0 Å². The summed E-state index contributed by atoms with van der Waals surface area (Å²) in [6.45, 7) is 2.66. The summed E-state index contributed by atoms with van der Waals surface area (Å²) in [7, 11) is 0. The average Bonchev–Trinajstić information content (AvgIpc) is 3.21. The van der Waals surface area contributed by atoms with Gasteiger partial charge < -0.3 is 65.1 Å². The number of carbonyl (C=O) groups is 1. The van der Waals surface area contributed by atoms with E-state index in [1.54, 1.807) is 6.08 Å². The Bertz CT molecular complexity index is 1100. The molecule has 2 rings (SSSR count). The van der Waals surface area contributed by atoms with E-state index in [9.17, 15) is 45.6 Å². The molecule has 332 valence electrons. The predicted octanol–water partition coefficient (Wildman–Crippen LogP) is 3.59. The minimum atomic E-state index is -1.79. The highest BCUT2D eigenvalue weighted by Crippen LogP contribution is 2.29. The lowest BCUT2D eigenvalue weighted by molar-refractivity contribution is -0.359. The highest BCUT2D eigenvalue weighted by atomic mass is 16.7. The number of hydrogen-bond acceptors (Lipinski definition) is 13. The van der Waals surface area contributed by atoms with E-state index in [1.165, 1.54) is 57.8 Å². The first-order valence-corrected chi connectivity index (χ1v) is 21.7. The Kier molecular flexibility index (Phi) is 28.1. The summed E-state index contributed by atoms with van der Waals surface area (Å²) in [5.74, 6) is -0.262. The monoisotopic (exact) mass is 816 g/mol. The van der Waals surface area contributed by atoms with Gasteiger partial charge in [-0.2, -0.15) is 0 Å². The molecule has 2 heterocycles. The van der Waals surface area contributed by atoms with Crippen molar-refractivity contribution in [1.29, 1.82) is 0 Å². The third-order valence-electron chi connectivity index (χ3n) is 10.6. The topological polar surface area (TPSA) is 228 Å². The van der Waals surface area contributed by atoms with Crippen LogP contribution in [0.2, 0.25) is 0 Å². The molecule has 12 atom stereocenters. The third kappa shape index (κ3) is 19.9. The number of aliphatic hydroxyl groups is 8. The van der Waals surface area contributed by atoms with Crippen molar-refractivity contribution in [2.45, 2.75) is 209 Å². The van der Waals surface area contributed by atoms with Crippen molar-refractivity contribution in [2.24, 2.45) is 0 Å². The largest absolute Gasteiger partial charge is 0.394 e. The minimum absolute atomic E-state index is 0.262. The molecular formula is C43H77NO13. The Morgan fingerprint density at radius 3 is 1.72 bits per heavy atom. The van der Waals surface area contributed by atoms with E-state index in [1.807, 2.05) is 6.08 Å². The van der Waals surface area contributed by atoms with Crippen molar-refractivity contribution in [2.75, 3.05) is 19.8 Å². The second-order valence-electron chi connectivity index (χ2n) is 15.5. The third-order valence-corrected chi connectivity index (χ3v) is 10.6. The lowest BCUT2D eigenvalue weighted by Crippen LogP contribution is -2.65. The normalized spacial score (nSPS) is 29.4. The number of unbranched alkanes of at least 4 members (excludes halogenated alkanes) is 14. The molecular weight excluding hydrogens is 738 g/mol. The lowest BCUT2D eigenvalue weighted by atomic mass is 9.97. The van der Waals surface area contributed by atoms with Crippen molar-refractivity contribution < 1.29 is 64.6 Å². The van der Waals surface area contributed by atoms with Crippen LogP contribution in [-0.2, 0) is 23.7 Å². The number of aliphatic hydroxyl groups excluding tert-OH is 8. The molecule has 9 N–H and O–H groups in total. The zero-order valence-corrected chi connectivity index (χ0v) is 34.6. The number of rotatable bonds is 31. The van der Waals surface area contributed by atoms with Crippen molar-refractivity contribution in [3.63, 3.8) is 0 Å². The maximum Gasteiger partial charge on any atom is 0.220 e. The second-order valence-corrected chi connectivity index (χ2v) is 15.5. The van der Waals surface area contributed by atoms with E-state index in [2.05, 4.69) is 43.5 Å². The van der Waals surface area contributed by atoms with Gasteiger partial charge in [0.15, 0.2) is 12.6 Å². The van der Waals surface area contributed by atoms with Gasteiger partial charge in [-0.25, -0.2) is 0 Å². The SMILES string of the molecule is CCCCCCC/C=C/CC/C=C/CC/C=C/C(O)C(COC1OC(CO)C(OC2OC(CO)C(O)C(O)C2O)C(O)C1O)NC(=O)CCCCCCCCCC. The standard InChI is InChI=1S/C43H77NO13/c1-3-5-7-9-11-13-14-15-16-17-18-19-20-22-24-26-32(47)31(44-35(48)27-25-23-21-12-10-8-6-4-2)30-54-42-40(53)38(51)41(34(29-46)56-42)57-43-39(52)37(50)36(49)33(28-45)55-43/h14-15,18-19,24,26,31-34,36-43,45-47,49-53H,3-13,16-17,20-23,25,27-30H2,1-2H3,(H,44,48)/b15-14+,19-18+,26-24+. The smallest absolute Gasteiger partial charge is 0.220 e. The van der Waals surface area contributed by atoms with Crippen LogP contribution in [0.1, 0.15) is 136 Å². The molecule has 14 heteroatoms. The molecule has 2 fully saturated rings. The molecule has 1 amide bonds. The van der Waals surface area contributed by atoms with Crippen molar-refractivity contribution >= 4 is 5.91 Å². The summed E-state index contributed by atoms with van der Waals surface area (Å²) in [5, 5.41) is 86.2. The first kappa shape index (κ1) is 51.4. The zero-order valence-electron chi connectivity index (χ0n) is 34.6. The van der Waals surface area contributed by atoms with Gasteiger partial charge in [0, 0.05) is 6.42 Å². The molecule has 0 bridgehead atoms. The van der Waals surface area contributed by atoms with Gasteiger partial charge >= 0.3 is 0 Å². The fraction of sp³-hybridized carbons (Fsp3) is 0.837. The van der Waals surface area contributed by atoms with E-state index >= 15 is 0 Å². The van der Waals surface area contributed by atoms with Gasteiger partial charge in [0.2, 0.25) is 5.91 Å². The number of carbonyl (C=O) groups excluding carboxylic acids is 1. The van der Waals surface area contributed by atoms with Crippen molar-refractivity contribution in [3.05, 3.63) is 36.5 Å². The molecule has 0 saturated carbocycles. The van der Waals surface area contributed by atoms with Crippen LogP contribution in [0.25, 0.3) is 0 Å². The van der Waals surface area contributed by atoms with Gasteiger partial charge in [0.05, 0.1) is 32.0 Å². The van der Waals surface area contributed by atoms with Crippen molar-refractivity contribution in [3.8, 4) is 0 Å². The number of allylic oxidation sites excluding steroid dienone is 5. The van der Waals surface area contributed by atoms with Crippen LogP contribution >= 0.6 is 0 Å². The minimum Gasteiger partial charge on any atom is -0.394 e. The molecule has 0 aromatic rings. The first-order chi connectivity index (χ1) is 27.6. The first-order valence-electron chi connectivity index (χ1n) is 21.7. The molecule has 2 saturated heterocycles. The quantitative estimate of drug-likeness (QED) is 0.0361. The Morgan fingerprint density at radius 1 is 0.614 bits per heavy atom. The van der Waals surface area contributed by atoms with Crippen LogP contribution in [0, 0.1) is 0 Å². The molecule has 57 heavy (non-hydrogen) atoms. The molecule has 0 aromatic heterocycles. The maximum atomic E-state index is 13.0. The molecule has 0 spiro atoms. The molecule has 2 aliphatic heterocycles. The molecule has 14 nitrogen and oxygen atoms in total. The van der Waals surface area contributed by atoms with Crippen LogP contribution in [0.5, 0.6) is 0 Å². The second kappa shape index (κ2) is 31.1. The summed E-state index contributed by atoms with van der Waals surface area (Å²) in [4.78, 5) is 13.0. The van der Waals surface area contributed by atoms with E-state index in [-0.39, 0.29) is 18.9 Å². The molecule has 12 unspecified atom stereocenters. The molecule has 0 radical (unpaired) electrons. The van der Waals surface area contributed by atoms with Crippen LogP contribution < -0.4 is 5.32 Å². The Balaban J connectivity index is 1.94. The Morgan fingerprint density at radius 2 is 1.12 bits per heavy atom. The van der Waals surface area contributed by atoms with Crippen LogP contribution in [0.3, 0.4) is 0 Å². The van der Waals surface area contributed by atoms with Gasteiger partial charge in [0.1, 0.15) is 48.8 Å². The molecule has 0 aliphatic carbocycles. The number of amides is 1. The number of nitrogens with one attached hydrogen (secondary N) is 1. The highest BCUT2D eigenvalue weighted by molar-refractivity contribution is 5.76. The molecule has 2 aliphatic rings. The summed E-state index contributed by atoms with van der Waals surface area (Å²) in [5.41, 5.74) is 0. The van der Waals surface area contributed by atoms with E-state index < -0.39 is 86.8 Å². The zero-order chi connectivity index (χ0) is 41.8. The van der Waals surface area contributed by atoms with Gasteiger partial charge in [-0.3, -0.25) is 4.79 Å². The highest BCUT2D eigenvalue weighted by Gasteiger charge is 2.50. The van der Waals surface area contributed by atoms with E-state index in [0.29, 0.717) is 12.8 Å². The summed E-state index contributed by atoms with van der Waals surface area (Å²) < 4.78 is 22.5. The summed E-state index contributed by atoms with van der Waals surface area (Å²) >= 11 is 0. The fourth-order valence-electron chi connectivity index (χ4n) is 6.91.